The van der Waals surface area contributed by atoms with Gasteiger partial charge in [-0.3, -0.25) is 19.2 Å². The van der Waals surface area contributed by atoms with Crippen LogP contribution in [0.25, 0.3) is 0 Å². The minimum atomic E-state index is -1.19. The molecule has 10 heteroatoms. The summed E-state index contributed by atoms with van der Waals surface area (Å²) in [6, 6.07) is 10.4. The van der Waals surface area contributed by atoms with Crippen LogP contribution in [0, 0.1) is 5.82 Å². The van der Waals surface area contributed by atoms with Crippen molar-refractivity contribution < 1.29 is 28.3 Å². The molecule has 186 valence electrons. The molecule has 1 aliphatic heterocycles. The number of nitrogens with one attached hydrogen (secondary N) is 3. The minimum Gasteiger partial charge on any atom is -0.491 e. The van der Waals surface area contributed by atoms with E-state index in [4.69, 9.17) is 4.74 Å². The Bertz CT molecular complexity index is 1080. The summed E-state index contributed by atoms with van der Waals surface area (Å²) < 4.78 is 18.8. The maximum atomic E-state index is 13.1. The van der Waals surface area contributed by atoms with Crippen molar-refractivity contribution in [2.75, 3.05) is 26.7 Å². The van der Waals surface area contributed by atoms with Gasteiger partial charge in [-0.25, -0.2) is 4.39 Å². The van der Waals surface area contributed by atoms with E-state index in [1.54, 1.807) is 50.4 Å². The molecule has 2 aromatic carbocycles. The number of hydrogen-bond donors (Lipinski definition) is 3. The topological polar surface area (TPSA) is 117 Å². The Labute approximate surface area is 203 Å². The summed E-state index contributed by atoms with van der Waals surface area (Å²) in [6.45, 7) is 2.17. The van der Waals surface area contributed by atoms with Crippen LogP contribution in [0.5, 0.6) is 5.75 Å². The number of ether oxygens (including phenoxy) is 1. The van der Waals surface area contributed by atoms with Crippen molar-refractivity contribution in [3.63, 3.8) is 0 Å². The van der Waals surface area contributed by atoms with Crippen molar-refractivity contribution in [1.82, 2.24) is 20.9 Å². The first-order valence-electron chi connectivity index (χ1n) is 11.3. The van der Waals surface area contributed by atoms with Crippen molar-refractivity contribution in [1.29, 1.82) is 0 Å². The van der Waals surface area contributed by atoms with E-state index >= 15 is 0 Å². The number of benzene rings is 2. The van der Waals surface area contributed by atoms with Gasteiger partial charge < -0.3 is 25.6 Å². The molecule has 2 aromatic rings. The molecule has 1 heterocycles. The number of nitrogens with zero attached hydrogens (tertiary/aromatic N) is 1. The number of carbonyl (C=O) groups excluding carboxylic acids is 4. The Hall–Kier alpha value is -3.95. The van der Waals surface area contributed by atoms with E-state index in [2.05, 4.69) is 16.0 Å². The van der Waals surface area contributed by atoms with Crippen LogP contribution in [0.2, 0.25) is 0 Å². The van der Waals surface area contributed by atoms with Gasteiger partial charge in [0.15, 0.2) is 0 Å². The van der Waals surface area contributed by atoms with Crippen LogP contribution in [0.4, 0.5) is 4.39 Å². The average Bonchev–Trinajstić information content (AvgIpc) is 2.83. The second-order valence-electron chi connectivity index (χ2n) is 8.29. The highest BCUT2D eigenvalue weighted by molar-refractivity contribution is 6.01. The summed E-state index contributed by atoms with van der Waals surface area (Å²) in [6.07, 6.45) is 0.0753. The maximum absolute atomic E-state index is 13.1. The first-order valence-corrected chi connectivity index (χ1v) is 11.3. The molecule has 35 heavy (non-hydrogen) atoms. The molecule has 0 bridgehead atoms. The summed E-state index contributed by atoms with van der Waals surface area (Å²) in [5.41, 5.74) is 1.03. The lowest BCUT2D eigenvalue weighted by Gasteiger charge is -2.25. The number of likely N-dealkylation sites (N-methyl/N-ethyl adjacent to an activating group) is 1. The van der Waals surface area contributed by atoms with Crippen molar-refractivity contribution in [2.45, 2.75) is 31.8 Å². The van der Waals surface area contributed by atoms with E-state index < -0.39 is 29.8 Å². The van der Waals surface area contributed by atoms with E-state index in [1.807, 2.05) is 0 Å². The number of fused-ring (bicyclic) bond motifs is 1. The number of hydrogen-bond acceptors (Lipinski definition) is 5. The highest BCUT2D eigenvalue weighted by atomic mass is 19.1. The monoisotopic (exact) mass is 484 g/mol. The number of halogens is 1. The lowest BCUT2D eigenvalue weighted by atomic mass is 10.1. The first kappa shape index (κ1) is 25.7. The molecule has 4 amide bonds. The molecule has 0 unspecified atom stereocenters. The molecule has 0 aromatic heterocycles. The standard InChI is InChI=1S/C25H29FN4O5/c1-16-25(34)30(2)13-14-35-21-6-4-3-5-19(21)23(32)29-20(15-22(31)28-16)24(33)27-12-11-17-7-9-18(26)10-8-17/h3-10,16,20H,11-15H2,1-2H3,(H,27,33)(H,28,31)(H,29,32)/t16-,20-/m0/s1. The predicted molar refractivity (Wildman–Crippen MR) is 126 cm³/mol. The lowest BCUT2D eigenvalue weighted by molar-refractivity contribution is -0.135. The molecule has 3 N–H and O–H groups in total. The highest BCUT2D eigenvalue weighted by Crippen LogP contribution is 2.18. The summed E-state index contributed by atoms with van der Waals surface area (Å²) >= 11 is 0. The van der Waals surface area contributed by atoms with Crippen LogP contribution < -0.4 is 20.7 Å². The summed E-state index contributed by atoms with van der Waals surface area (Å²) in [4.78, 5) is 52.5. The van der Waals surface area contributed by atoms with E-state index in [0.717, 1.165) is 5.56 Å². The predicted octanol–water partition coefficient (Wildman–Crippen LogP) is 1.03. The first-order chi connectivity index (χ1) is 16.7. The molecule has 0 saturated heterocycles. The number of rotatable bonds is 4. The van der Waals surface area contributed by atoms with Gasteiger partial charge >= 0.3 is 0 Å². The second-order valence-corrected chi connectivity index (χ2v) is 8.29. The number of para-hydroxylation sites is 1. The van der Waals surface area contributed by atoms with Gasteiger partial charge in [-0.1, -0.05) is 24.3 Å². The fourth-order valence-electron chi connectivity index (χ4n) is 3.61. The molecule has 0 saturated carbocycles. The quantitative estimate of drug-likeness (QED) is 0.599. The van der Waals surface area contributed by atoms with Gasteiger partial charge in [-0.2, -0.15) is 0 Å². The zero-order chi connectivity index (χ0) is 25.4. The van der Waals surface area contributed by atoms with Gasteiger partial charge in [0.1, 0.15) is 30.3 Å². The van der Waals surface area contributed by atoms with Crippen LogP contribution >= 0.6 is 0 Å². The molecule has 3 rings (SSSR count). The fourth-order valence-corrected chi connectivity index (χ4v) is 3.61. The Balaban J connectivity index is 1.76. The summed E-state index contributed by atoms with van der Waals surface area (Å²) in [5.74, 6) is -2.04. The van der Waals surface area contributed by atoms with Gasteiger partial charge in [0.05, 0.1) is 18.5 Å². The third kappa shape index (κ3) is 7.26. The maximum Gasteiger partial charge on any atom is 0.255 e. The third-order valence-corrected chi connectivity index (χ3v) is 5.58. The van der Waals surface area contributed by atoms with Crippen LogP contribution in [0.3, 0.4) is 0 Å². The van der Waals surface area contributed by atoms with Gasteiger partial charge in [-0.15, -0.1) is 0 Å². The molecular formula is C25H29FN4O5. The smallest absolute Gasteiger partial charge is 0.255 e. The number of amides is 4. The van der Waals surface area contributed by atoms with E-state index in [0.29, 0.717) is 12.2 Å². The summed E-state index contributed by atoms with van der Waals surface area (Å²) in [7, 11) is 1.59. The highest BCUT2D eigenvalue weighted by Gasteiger charge is 2.28. The Morgan fingerprint density at radius 1 is 1.11 bits per heavy atom. The van der Waals surface area contributed by atoms with Crippen molar-refractivity contribution in [3.8, 4) is 5.75 Å². The zero-order valence-electron chi connectivity index (χ0n) is 19.7. The Morgan fingerprint density at radius 2 is 1.83 bits per heavy atom. The second kappa shape index (κ2) is 12.0. The van der Waals surface area contributed by atoms with Crippen molar-refractivity contribution in [2.24, 2.45) is 0 Å². The van der Waals surface area contributed by atoms with E-state index in [1.165, 1.54) is 17.0 Å². The molecule has 0 aliphatic carbocycles. The minimum absolute atomic E-state index is 0.139. The molecule has 1 aliphatic rings. The van der Waals surface area contributed by atoms with Gasteiger partial charge in [0.25, 0.3) is 5.91 Å². The van der Waals surface area contributed by atoms with Crippen molar-refractivity contribution in [3.05, 3.63) is 65.5 Å². The number of carbonyl (C=O) groups is 4. The average molecular weight is 485 g/mol. The van der Waals surface area contributed by atoms with E-state index in [-0.39, 0.29) is 43.4 Å². The molecule has 9 nitrogen and oxygen atoms in total. The molecule has 0 radical (unpaired) electrons. The van der Waals surface area contributed by atoms with E-state index in [9.17, 15) is 23.6 Å². The summed E-state index contributed by atoms with van der Waals surface area (Å²) in [5, 5.41) is 7.90. The van der Waals surface area contributed by atoms with Crippen LogP contribution in [0.15, 0.2) is 48.5 Å². The van der Waals surface area contributed by atoms with Crippen LogP contribution in [0.1, 0.15) is 29.3 Å². The van der Waals surface area contributed by atoms with Gasteiger partial charge in [0.2, 0.25) is 17.7 Å². The Morgan fingerprint density at radius 3 is 2.57 bits per heavy atom. The van der Waals surface area contributed by atoms with Crippen LogP contribution in [-0.2, 0) is 20.8 Å². The molecule has 0 fully saturated rings. The molecule has 0 spiro atoms. The zero-order valence-corrected chi connectivity index (χ0v) is 19.7. The Kier molecular flexibility index (Phi) is 8.77. The normalized spacial score (nSPS) is 19.5. The van der Waals surface area contributed by atoms with Crippen LogP contribution in [-0.4, -0.2) is 67.4 Å². The molecule has 2 atom stereocenters. The third-order valence-electron chi connectivity index (χ3n) is 5.58. The lowest BCUT2D eigenvalue weighted by Crippen LogP contribution is -2.52. The fraction of sp³-hybridized carbons (Fsp3) is 0.360. The van der Waals surface area contributed by atoms with Gasteiger partial charge in [0, 0.05) is 13.6 Å². The van der Waals surface area contributed by atoms with Gasteiger partial charge in [-0.05, 0) is 43.2 Å². The van der Waals surface area contributed by atoms with Crippen molar-refractivity contribution >= 4 is 23.6 Å². The largest absolute Gasteiger partial charge is 0.491 e. The SMILES string of the molecule is C[C@@H]1NC(=O)C[C@@H](C(=O)NCCc2ccc(F)cc2)NC(=O)c2ccccc2OCCN(C)C1=O. The molecular weight excluding hydrogens is 455 g/mol.